The molecule has 1 unspecified atom stereocenters. The molecule has 0 saturated heterocycles. The Morgan fingerprint density at radius 3 is 2.20 bits per heavy atom. The van der Waals surface area contributed by atoms with Gasteiger partial charge in [0, 0.05) is 0 Å². The molecule has 0 aliphatic heterocycles. The van der Waals surface area contributed by atoms with Crippen LogP contribution >= 0.6 is 0 Å². The normalized spacial score (nSPS) is 14.9. The van der Waals surface area contributed by atoms with Crippen molar-refractivity contribution >= 4 is 0 Å². The molecule has 1 N–H and O–H groups in total. The number of aryl methyl sites for hydroxylation is 1. The van der Waals surface area contributed by atoms with Gasteiger partial charge in [0.2, 0.25) is 0 Å². The smallest absolute Gasteiger partial charge is 0.0893 e. The summed E-state index contributed by atoms with van der Waals surface area (Å²) in [7, 11) is 0. The molecule has 0 heterocycles. The van der Waals surface area contributed by atoms with E-state index in [2.05, 4.69) is 45.0 Å². The molecule has 15 heavy (non-hydrogen) atoms. The fourth-order valence-electron chi connectivity index (χ4n) is 1.86. The van der Waals surface area contributed by atoms with Gasteiger partial charge >= 0.3 is 0 Å². The number of benzene rings is 1. The van der Waals surface area contributed by atoms with E-state index in [1.807, 2.05) is 0 Å². The first-order valence-electron chi connectivity index (χ1n) is 5.92. The molecular weight excluding hydrogens is 184 g/mol. The Morgan fingerprint density at radius 2 is 1.73 bits per heavy atom. The Morgan fingerprint density at radius 1 is 1.13 bits per heavy atom. The molecular formula is C14H22O. The van der Waals surface area contributed by atoms with Crippen molar-refractivity contribution in [3.05, 3.63) is 35.4 Å². The molecule has 0 amide bonds. The van der Waals surface area contributed by atoms with Crippen molar-refractivity contribution in [2.45, 2.75) is 52.1 Å². The van der Waals surface area contributed by atoms with Crippen LogP contribution in [0.25, 0.3) is 0 Å². The first-order chi connectivity index (χ1) is 7.12. The average Bonchev–Trinajstić information content (AvgIpc) is 2.27. The first-order valence-corrected chi connectivity index (χ1v) is 5.92. The molecule has 0 saturated carbocycles. The van der Waals surface area contributed by atoms with Crippen LogP contribution in [0.4, 0.5) is 0 Å². The van der Waals surface area contributed by atoms with E-state index < -0.39 is 5.60 Å². The fourth-order valence-corrected chi connectivity index (χ4v) is 1.86. The Bertz CT molecular complexity index is 289. The van der Waals surface area contributed by atoms with Crippen LogP contribution in [0.1, 0.15) is 50.7 Å². The molecule has 0 aliphatic carbocycles. The molecule has 1 rings (SSSR count). The predicted molar refractivity (Wildman–Crippen MR) is 64.9 cm³/mol. The van der Waals surface area contributed by atoms with Crippen LogP contribution in [0.2, 0.25) is 0 Å². The molecule has 0 radical (unpaired) electrons. The fraction of sp³-hybridized carbons (Fsp3) is 0.571. The van der Waals surface area contributed by atoms with Gasteiger partial charge in [-0.05, 0) is 25.3 Å². The summed E-state index contributed by atoms with van der Waals surface area (Å²) in [6, 6.07) is 8.24. The van der Waals surface area contributed by atoms with Crippen LogP contribution in [-0.2, 0) is 5.60 Å². The lowest BCUT2D eigenvalue weighted by Crippen LogP contribution is -2.24. The van der Waals surface area contributed by atoms with E-state index in [4.69, 9.17) is 0 Å². The number of unbranched alkanes of at least 4 members (excludes halogenated alkanes) is 1. The SMILES string of the molecule is CCCCC(O)(CC)c1ccc(C)cc1. The second kappa shape index (κ2) is 5.32. The number of rotatable bonds is 5. The summed E-state index contributed by atoms with van der Waals surface area (Å²) in [5, 5.41) is 10.5. The van der Waals surface area contributed by atoms with E-state index in [0.29, 0.717) is 0 Å². The summed E-state index contributed by atoms with van der Waals surface area (Å²) in [5.74, 6) is 0. The maximum absolute atomic E-state index is 10.5. The third kappa shape index (κ3) is 3.07. The van der Waals surface area contributed by atoms with Gasteiger partial charge in [-0.2, -0.15) is 0 Å². The summed E-state index contributed by atoms with van der Waals surface area (Å²) in [4.78, 5) is 0. The molecule has 0 spiro atoms. The van der Waals surface area contributed by atoms with Crippen LogP contribution in [0.3, 0.4) is 0 Å². The van der Waals surface area contributed by atoms with Gasteiger partial charge in [-0.1, -0.05) is 56.5 Å². The molecule has 0 bridgehead atoms. The first kappa shape index (κ1) is 12.3. The molecule has 0 aliphatic rings. The van der Waals surface area contributed by atoms with Crippen LogP contribution in [0, 0.1) is 6.92 Å². The maximum Gasteiger partial charge on any atom is 0.0893 e. The number of hydrogen-bond donors (Lipinski definition) is 1. The lowest BCUT2D eigenvalue weighted by Gasteiger charge is -2.27. The van der Waals surface area contributed by atoms with Crippen LogP contribution in [-0.4, -0.2) is 5.11 Å². The zero-order valence-electron chi connectivity index (χ0n) is 10.1. The zero-order chi connectivity index (χ0) is 11.3. The highest BCUT2D eigenvalue weighted by Gasteiger charge is 2.25. The van der Waals surface area contributed by atoms with Gasteiger partial charge in [0.15, 0.2) is 0 Å². The Hall–Kier alpha value is -0.820. The lowest BCUT2D eigenvalue weighted by molar-refractivity contribution is 0.0211. The van der Waals surface area contributed by atoms with Crippen molar-refractivity contribution < 1.29 is 5.11 Å². The quantitative estimate of drug-likeness (QED) is 0.777. The molecule has 1 aromatic rings. The molecule has 1 heteroatoms. The van der Waals surface area contributed by atoms with Crippen molar-refractivity contribution in [3.63, 3.8) is 0 Å². The molecule has 1 aromatic carbocycles. The van der Waals surface area contributed by atoms with Crippen LogP contribution in [0.15, 0.2) is 24.3 Å². The van der Waals surface area contributed by atoms with Crippen molar-refractivity contribution in [2.24, 2.45) is 0 Å². The van der Waals surface area contributed by atoms with E-state index in [-0.39, 0.29) is 0 Å². The van der Waals surface area contributed by atoms with Gasteiger partial charge in [0.1, 0.15) is 0 Å². The minimum atomic E-state index is -0.621. The third-order valence-electron chi connectivity index (χ3n) is 3.12. The Kier molecular flexibility index (Phi) is 4.34. The standard InChI is InChI=1S/C14H22O/c1-4-6-11-14(15,5-2)13-9-7-12(3)8-10-13/h7-10,15H,4-6,11H2,1-3H3. The minimum Gasteiger partial charge on any atom is -0.385 e. The number of hydrogen-bond acceptors (Lipinski definition) is 1. The van der Waals surface area contributed by atoms with E-state index in [0.717, 1.165) is 31.2 Å². The topological polar surface area (TPSA) is 20.2 Å². The zero-order valence-corrected chi connectivity index (χ0v) is 10.1. The highest BCUT2D eigenvalue weighted by atomic mass is 16.3. The van der Waals surface area contributed by atoms with Crippen molar-refractivity contribution in [1.29, 1.82) is 0 Å². The Labute approximate surface area is 93.1 Å². The summed E-state index contributed by atoms with van der Waals surface area (Å²) in [5.41, 5.74) is 1.68. The third-order valence-corrected chi connectivity index (χ3v) is 3.12. The predicted octanol–water partition coefficient (Wildman–Crippen LogP) is 3.78. The van der Waals surface area contributed by atoms with Crippen molar-refractivity contribution in [3.8, 4) is 0 Å². The number of aliphatic hydroxyl groups is 1. The second-order valence-electron chi connectivity index (χ2n) is 4.35. The van der Waals surface area contributed by atoms with Crippen molar-refractivity contribution in [2.75, 3.05) is 0 Å². The van der Waals surface area contributed by atoms with E-state index in [9.17, 15) is 5.11 Å². The van der Waals surface area contributed by atoms with Gasteiger partial charge in [-0.3, -0.25) is 0 Å². The average molecular weight is 206 g/mol. The summed E-state index contributed by atoms with van der Waals surface area (Å²) in [6.45, 7) is 6.28. The molecule has 0 aromatic heterocycles. The summed E-state index contributed by atoms with van der Waals surface area (Å²) in [6.07, 6.45) is 3.87. The highest BCUT2D eigenvalue weighted by Crippen LogP contribution is 2.30. The van der Waals surface area contributed by atoms with Crippen molar-refractivity contribution in [1.82, 2.24) is 0 Å². The molecule has 1 nitrogen and oxygen atoms in total. The van der Waals surface area contributed by atoms with Gasteiger partial charge in [-0.15, -0.1) is 0 Å². The van der Waals surface area contributed by atoms with E-state index >= 15 is 0 Å². The Balaban J connectivity index is 2.85. The monoisotopic (exact) mass is 206 g/mol. The van der Waals surface area contributed by atoms with Crippen LogP contribution < -0.4 is 0 Å². The second-order valence-corrected chi connectivity index (χ2v) is 4.35. The highest BCUT2D eigenvalue weighted by molar-refractivity contribution is 5.26. The molecule has 0 fully saturated rings. The van der Waals surface area contributed by atoms with Gasteiger partial charge in [0.25, 0.3) is 0 Å². The molecule has 1 atom stereocenters. The molecule has 84 valence electrons. The van der Waals surface area contributed by atoms with Gasteiger partial charge in [-0.25, -0.2) is 0 Å². The van der Waals surface area contributed by atoms with E-state index in [1.54, 1.807) is 0 Å². The van der Waals surface area contributed by atoms with Gasteiger partial charge in [0.05, 0.1) is 5.60 Å². The lowest BCUT2D eigenvalue weighted by atomic mass is 9.86. The largest absolute Gasteiger partial charge is 0.385 e. The summed E-state index contributed by atoms with van der Waals surface area (Å²) < 4.78 is 0. The van der Waals surface area contributed by atoms with Gasteiger partial charge < -0.3 is 5.11 Å². The minimum absolute atomic E-state index is 0.621. The maximum atomic E-state index is 10.5. The van der Waals surface area contributed by atoms with E-state index in [1.165, 1.54) is 5.56 Å². The summed E-state index contributed by atoms with van der Waals surface area (Å²) >= 11 is 0. The van der Waals surface area contributed by atoms with Crippen LogP contribution in [0.5, 0.6) is 0 Å².